The number of piperazine rings is 1. The van der Waals surface area contributed by atoms with Gasteiger partial charge in [0.2, 0.25) is 5.95 Å². The van der Waals surface area contributed by atoms with E-state index in [-0.39, 0.29) is 11.7 Å². The first-order chi connectivity index (χ1) is 19.3. The Balaban J connectivity index is 1.18. The number of nitrogens with zero attached hydrogens (tertiary/aromatic N) is 6. The summed E-state index contributed by atoms with van der Waals surface area (Å²) in [5.41, 5.74) is 2.16. The van der Waals surface area contributed by atoms with Crippen LogP contribution < -0.4 is 19.9 Å². The van der Waals surface area contributed by atoms with Crippen LogP contribution in [0.1, 0.15) is 17.5 Å². The van der Waals surface area contributed by atoms with E-state index < -0.39 is 23.6 Å². The topological polar surface area (TPSA) is 109 Å². The van der Waals surface area contributed by atoms with Crippen molar-refractivity contribution in [1.29, 1.82) is 0 Å². The number of fused-ring (bicyclic) bond motifs is 3. The molecule has 6 rings (SSSR count). The predicted octanol–water partition coefficient (Wildman–Crippen LogP) is 3.22. The summed E-state index contributed by atoms with van der Waals surface area (Å²) in [5, 5.41) is 13.8. The second-order valence-corrected chi connectivity index (χ2v) is 9.87. The number of hydrogen-bond acceptors (Lipinski definition) is 8. The number of aryl methyl sites for hydroxylation is 1. The lowest BCUT2D eigenvalue weighted by atomic mass is 10.0. The first kappa shape index (κ1) is 25.7. The SMILES string of the molecule is Cc1cc(-c2ccccc2F)c(C(O)C(=O)Nc2cnc3c(c2)OCC2CN(c4ncc(F)cn4)CCN32)n1C. The number of carbonyl (C=O) groups excluding carboxylic acids is 1. The molecule has 206 valence electrons. The average molecular weight is 548 g/mol. The van der Waals surface area contributed by atoms with Crippen LogP contribution in [-0.2, 0) is 11.8 Å². The van der Waals surface area contributed by atoms with Crippen molar-refractivity contribution >= 4 is 23.4 Å². The lowest BCUT2D eigenvalue weighted by Gasteiger charge is -2.44. The van der Waals surface area contributed by atoms with E-state index in [1.54, 1.807) is 41.9 Å². The Morgan fingerprint density at radius 2 is 1.88 bits per heavy atom. The number of aromatic nitrogens is 4. The Labute approximate surface area is 228 Å². The Hall–Kier alpha value is -4.58. The molecular weight excluding hydrogens is 520 g/mol. The number of pyridine rings is 1. The molecule has 4 aromatic rings. The van der Waals surface area contributed by atoms with Crippen LogP contribution in [0.15, 0.2) is 55.0 Å². The van der Waals surface area contributed by atoms with Crippen LogP contribution in [-0.4, -0.2) is 62.8 Å². The van der Waals surface area contributed by atoms with Crippen LogP contribution in [0.5, 0.6) is 5.75 Å². The third kappa shape index (κ3) is 4.60. The van der Waals surface area contributed by atoms with Crippen LogP contribution in [0.3, 0.4) is 0 Å². The maximum absolute atomic E-state index is 14.6. The summed E-state index contributed by atoms with van der Waals surface area (Å²) >= 11 is 0. The molecule has 0 spiro atoms. The molecule has 0 bridgehead atoms. The average Bonchev–Trinajstić information content (AvgIpc) is 3.26. The van der Waals surface area contributed by atoms with Gasteiger partial charge in [0.1, 0.15) is 12.4 Å². The summed E-state index contributed by atoms with van der Waals surface area (Å²) in [5.74, 6) is 0.0137. The van der Waals surface area contributed by atoms with E-state index in [0.717, 1.165) is 18.1 Å². The highest BCUT2D eigenvalue weighted by atomic mass is 19.1. The number of nitrogens with one attached hydrogen (secondary N) is 1. The molecule has 0 radical (unpaired) electrons. The minimum absolute atomic E-state index is 0.0120. The molecule has 12 heteroatoms. The predicted molar refractivity (Wildman–Crippen MR) is 144 cm³/mol. The summed E-state index contributed by atoms with van der Waals surface area (Å²) < 4.78 is 35.4. The first-order valence-electron chi connectivity index (χ1n) is 12.8. The smallest absolute Gasteiger partial charge is 0.259 e. The van der Waals surface area contributed by atoms with Gasteiger partial charge in [0.25, 0.3) is 5.91 Å². The fourth-order valence-corrected chi connectivity index (χ4v) is 5.25. The molecule has 0 saturated carbocycles. The summed E-state index contributed by atoms with van der Waals surface area (Å²) in [7, 11) is 1.72. The molecular formula is C28H27F2N7O3. The largest absolute Gasteiger partial charge is 0.487 e. The molecule has 3 aromatic heterocycles. The zero-order chi connectivity index (χ0) is 28.0. The fraction of sp³-hybridized carbons (Fsp3) is 0.286. The third-order valence-electron chi connectivity index (χ3n) is 7.37. The lowest BCUT2D eigenvalue weighted by molar-refractivity contribution is -0.124. The monoisotopic (exact) mass is 547 g/mol. The van der Waals surface area contributed by atoms with Gasteiger partial charge in [-0.2, -0.15) is 0 Å². The van der Waals surface area contributed by atoms with E-state index >= 15 is 0 Å². The number of rotatable bonds is 5. The van der Waals surface area contributed by atoms with Crippen molar-refractivity contribution in [3.05, 3.63) is 78.0 Å². The van der Waals surface area contributed by atoms with Crippen LogP contribution in [0.4, 0.5) is 26.2 Å². The Morgan fingerprint density at radius 3 is 2.65 bits per heavy atom. The van der Waals surface area contributed by atoms with Crippen LogP contribution in [0, 0.1) is 18.6 Å². The second kappa shape index (κ2) is 10.2. The van der Waals surface area contributed by atoms with Crippen LogP contribution in [0.25, 0.3) is 11.1 Å². The molecule has 1 aromatic carbocycles. The van der Waals surface area contributed by atoms with E-state index in [2.05, 4.69) is 25.2 Å². The number of aliphatic hydroxyl groups is 1. The van der Waals surface area contributed by atoms with Gasteiger partial charge >= 0.3 is 0 Å². The lowest BCUT2D eigenvalue weighted by Crippen LogP contribution is -2.58. The van der Waals surface area contributed by atoms with E-state index in [0.29, 0.717) is 60.6 Å². The van der Waals surface area contributed by atoms with E-state index in [4.69, 9.17) is 4.74 Å². The van der Waals surface area contributed by atoms with Crippen LogP contribution >= 0.6 is 0 Å². The second-order valence-electron chi connectivity index (χ2n) is 9.87. The quantitative estimate of drug-likeness (QED) is 0.392. The molecule has 1 fully saturated rings. The standard InChI is InChI=1S/C28H27F2N7O3/c1-16-9-21(20-5-3-4-6-22(20)30)24(35(16)2)25(38)27(39)34-18-10-23-26(31-13-18)37-8-7-36(14-19(37)15-40-23)28-32-11-17(29)12-33-28/h3-6,9-13,19,25,38H,7-8,14-15H2,1-2H3,(H,34,39). The number of hydrogen-bond donors (Lipinski definition) is 2. The van der Waals surface area contributed by atoms with Crippen molar-refractivity contribution in [2.45, 2.75) is 19.1 Å². The summed E-state index contributed by atoms with van der Waals surface area (Å²) in [6.45, 7) is 4.03. The highest BCUT2D eigenvalue weighted by Gasteiger charge is 2.35. The van der Waals surface area contributed by atoms with Gasteiger partial charge in [-0.15, -0.1) is 0 Å². The molecule has 1 amide bonds. The molecule has 2 N–H and O–H groups in total. The van der Waals surface area contributed by atoms with Crippen molar-refractivity contribution in [2.75, 3.05) is 41.4 Å². The van der Waals surface area contributed by atoms with Gasteiger partial charge < -0.3 is 29.5 Å². The zero-order valence-electron chi connectivity index (χ0n) is 21.9. The minimum atomic E-state index is -1.56. The number of anilines is 3. The van der Waals surface area contributed by atoms with Gasteiger partial charge in [0.15, 0.2) is 23.5 Å². The molecule has 10 nitrogen and oxygen atoms in total. The van der Waals surface area contributed by atoms with Crippen molar-refractivity contribution < 1.29 is 23.4 Å². The van der Waals surface area contributed by atoms with Crippen molar-refractivity contribution in [1.82, 2.24) is 19.5 Å². The first-order valence-corrected chi connectivity index (χ1v) is 12.8. The Morgan fingerprint density at radius 1 is 1.10 bits per heavy atom. The van der Waals surface area contributed by atoms with E-state index in [1.807, 2.05) is 11.8 Å². The van der Waals surface area contributed by atoms with Crippen molar-refractivity contribution in [2.24, 2.45) is 7.05 Å². The fourth-order valence-electron chi connectivity index (χ4n) is 5.25. The zero-order valence-corrected chi connectivity index (χ0v) is 21.9. The van der Waals surface area contributed by atoms with Gasteiger partial charge in [-0.1, -0.05) is 18.2 Å². The Bertz CT molecular complexity index is 1580. The van der Waals surface area contributed by atoms with Gasteiger partial charge in [0.05, 0.1) is 36.0 Å². The van der Waals surface area contributed by atoms with E-state index in [9.17, 15) is 18.7 Å². The number of amides is 1. The van der Waals surface area contributed by atoms with Crippen molar-refractivity contribution in [3.63, 3.8) is 0 Å². The normalized spacial score (nSPS) is 17.1. The molecule has 2 aliphatic rings. The molecule has 2 atom stereocenters. The third-order valence-corrected chi connectivity index (χ3v) is 7.37. The van der Waals surface area contributed by atoms with Gasteiger partial charge in [-0.05, 0) is 19.1 Å². The molecule has 40 heavy (non-hydrogen) atoms. The maximum Gasteiger partial charge on any atom is 0.259 e. The highest BCUT2D eigenvalue weighted by molar-refractivity contribution is 5.96. The molecule has 1 saturated heterocycles. The van der Waals surface area contributed by atoms with Crippen LogP contribution in [0.2, 0.25) is 0 Å². The van der Waals surface area contributed by atoms with Crippen molar-refractivity contribution in [3.8, 4) is 16.9 Å². The molecule has 0 aliphatic carbocycles. The number of halogens is 2. The van der Waals surface area contributed by atoms with E-state index in [1.165, 1.54) is 12.3 Å². The van der Waals surface area contributed by atoms with Gasteiger partial charge in [-0.3, -0.25) is 4.79 Å². The summed E-state index contributed by atoms with van der Waals surface area (Å²) in [4.78, 5) is 30.0. The highest BCUT2D eigenvalue weighted by Crippen LogP contribution is 2.37. The molecule has 5 heterocycles. The number of aliphatic hydroxyl groups excluding tert-OH is 1. The Kier molecular flexibility index (Phi) is 6.54. The number of ether oxygens (including phenoxy) is 1. The number of benzene rings is 1. The molecule has 2 aliphatic heterocycles. The van der Waals surface area contributed by atoms with Gasteiger partial charge in [0, 0.05) is 49.6 Å². The summed E-state index contributed by atoms with van der Waals surface area (Å²) in [6, 6.07) is 9.66. The number of carbonyl (C=O) groups is 1. The molecule has 2 unspecified atom stereocenters. The maximum atomic E-state index is 14.6. The minimum Gasteiger partial charge on any atom is -0.487 e. The van der Waals surface area contributed by atoms with Gasteiger partial charge in [-0.25, -0.2) is 23.7 Å². The summed E-state index contributed by atoms with van der Waals surface area (Å²) in [6.07, 6.45) is 2.25.